The van der Waals surface area contributed by atoms with E-state index >= 15 is 0 Å². The number of ether oxygens (including phenoxy) is 1. The number of hydrogen-bond acceptors (Lipinski definition) is 4. The molecule has 2 N–H and O–H groups in total. The number of rotatable bonds is 6. The minimum Gasteiger partial charge on any atom is -0.377 e. The van der Waals surface area contributed by atoms with E-state index in [0.717, 1.165) is 31.7 Å². The number of halogens is 3. The topological polar surface area (TPSA) is 67.4 Å². The molecule has 164 valence electrons. The Morgan fingerprint density at radius 1 is 1.14 bits per heavy atom. The van der Waals surface area contributed by atoms with E-state index in [1.165, 1.54) is 6.07 Å². The number of piperidine rings is 1. The van der Waals surface area contributed by atoms with E-state index in [4.69, 9.17) is 4.74 Å². The summed E-state index contributed by atoms with van der Waals surface area (Å²) in [4.78, 5) is 0. The zero-order chi connectivity index (χ0) is 21.1. The number of benzene rings is 1. The molecule has 29 heavy (non-hydrogen) atoms. The van der Waals surface area contributed by atoms with Gasteiger partial charge in [0.15, 0.2) is 0 Å². The average molecular weight is 435 g/mol. The van der Waals surface area contributed by atoms with Gasteiger partial charge in [0, 0.05) is 12.1 Å². The van der Waals surface area contributed by atoms with E-state index in [9.17, 15) is 21.6 Å². The highest BCUT2D eigenvalue weighted by molar-refractivity contribution is 7.88. The van der Waals surface area contributed by atoms with Crippen molar-refractivity contribution in [1.82, 2.24) is 10.0 Å². The number of hydrogen-bond donors (Lipinski definition) is 2. The second kappa shape index (κ2) is 9.32. The summed E-state index contributed by atoms with van der Waals surface area (Å²) in [6.45, 7) is 1.21. The Morgan fingerprint density at radius 3 is 2.48 bits per heavy atom. The van der Waals surface area contributed by atoms with E-state index in [-0.39, 0.29) is 24.1 Å². The Kier molecular flexibility index (Phi) is 7.24. The summed E-state index contributed by atoms with van der Waals surface area (Å²) in [7, 11) is -3.29. The maximum absolute atomic E-state index is 13.3. The van der Waals surface area contributed by atoms with Crippen LogP contribution in [-0.2, 0) is 20.9 Å². The van der Waals surface area contributed by atoms with Crippen molar-refractivity contribution in [2.24, 2.45) is 0 Å². The first kappa shape index (κ1) is 22.5. The molecule has 0 spiro atoms. The summed E-state index contributed by atoms with van der Waals surface area (Å²) in [6.07, 6.45) is 1.18. The van der Waals surface area contributed by atoms with Crippen LogP contribution in [0.15, 0.2) is 24.3 Å². The van der Waals surface area contributed by atoms with Gasteiger partial charge in [-0.25, -0.2) is 13.1 Å². The second-order valence-corrected chi connectivity index (χ2v) is 9.87. The van der Waals surface area contributed by atoms with Gasteiger partial charge in [0.05, 0.1) is 24.5 Å². The van der Waals surface area contributed by atoms with Gasteiger partial charge in [-0.3, -0.25) is 0 Å². The van der Waals surface area contributed by atoms with Crippen molar-refractivity contribution in [1.29, 1.82) is 0 Å². The van der Waals surface area contributed by atoms with Crippen molar-refractivity contribution >= 4 is 10.0 Å². The lowest BCUT2D eigenvalue weighted by molar-refractivity contribution is -0.138. The Balaban J connectivity index is 1.53. The van der Waals surface area contributed by atoms with E-state index in [0.29, 0.717) is 37.9 Å². The summed E-state index contributed by atoms with van der Waals surface area (Å²) >= 11 is 0. The fourth-order valence-corrected chi connectivity index (χ4v) is 5.27. The van der Waals surface area contributed by atoms with Crippen LogP contribution in [0.2, 0.25) is 0 Å². The SMILES string of the molecule is CS(=O)(=O)NC1CCCNC1COC1CCC(c2ccccc2C(F)(F)F)CC1. The van der Waals surface area contributed by atoms with Crippen LogP contribution < -0.4 is 10.0 Å². The van der Waals surface area contributed by atoms with Gasteiger partial charge in [-0.1, -0.05) is 18.2 Å². The first-order valence-electron chi connectivity index (χ1n) is 10.1. The summed E-state index contributed by atoms with van der Waals surface area (Å²) < 4.78 is 71.7. The van der Waals surface area contributed by atoms with Crippen molar-refractivity contribution in [3.8, 4) is 0 Å². The van der Waals surface area contributed by atoms with E-state index < -0.39 is 21.8 Å². The summed E-state index contributed by atoms with van der Waals surface area (Å²) in [5, 5.41) is 3.31. The lowest BCUT2D eigenvalue weighted by Crippen LogP contribution is -2.55. The molecule has 1 aromatic rings. The van der Waals surface area contributed by atoms with Crippen molar-refractivity contribution in [2.45, 2.75) is 68.8 Å². The normalized spacial score (nSPS) is 29.0. The molecular weight excluding hydrogens is 405 g/mol. The van der Waals surface area contributed by atoms with Crippen molar-refractivity contribution in [3.05, 3.63) is 35.4 Å². The average Bonchev–Trinajstić information content (AvgIpc) is 2.66. The third kappa shape index (κ3) is 6.41. The van der Waals surface area contributed by atoms with Crippen molar-refractivity contribution in [3.63, 3.8) is 0 Å². The van der Waals surface area contributed by atoms with Crippen molar-refractivity contribution < 1.29 is 26.3 Å². The monoisotopic (exact) mass is 434 g/mol. The van der Waals surface area contributed by atoms with Crippen LogP contribution in [0.3, 0.4) is 0 Å². The van der Waals surface area contributed by atoms with Crippen LogP contribution in [0.4, 0.5) is 13.2 Å². The maximum Gasteiger partial charge on any atom is 0.416 e. The minimum atomic E-state index is -4.34. The van der Waals surface area contributed by atoms with Crippen LogP contribution in [0.5, 0.6) is 0 Å². The summed E-state index contributed by atoms with van der Waals surface area (Å²) in [5.74, 6) is -0.111. The molecule has 0 bridgehead atoms. The number of sulfonamides is 1. The molecule has 2 atom stereocenters. The fourth-order valence-electron chi connectivity index (χ4n) is 4.44. The molecule has 3 rings (SSSR count). The van der Waals surface area contributed by atoms with Crippen LogP contribution in [0, 0.1) is 0 Å². The van der Waals surface area contributed by atoms with E-state index in [2.05, 4.69) is 10.0 Å². The summed E-state index contributed by atoms with van der Waals surface area (Å²) in [5.41, 5.74) is -0.157. The third-order valence-electron chi connectivity index (χ3n) is 5.84. The maximum atomic E-state index is 13.3. The molecule has 1 saturated heterocycles. The standard InChI is InChI=1S/C20H29F3N2O3S/c1-29(26,27)25-18-7-4-12-24-19(18)13-28-15-10-8-14(9-11-15)16-5-2-3-6-17(16)20(21,22)23/h2-3,5-6,14-15,18-19,24-25H,4,7-13H2,1H3. The smallest absolute Gasteiger partial charge is 0.377 e. The Hall–Kier alpha value is -1.16. The van der Waals surface area contributed by atoms with Gasteiger partial charge in [-0.15, -0.1) is 0 Å². The highest BCUT2D eigenvalue weighted by Crippen LogP contribution is 2.41. The number of nitrogens with one attached hydrogen (secondary N) is 2. The fraction of sp³-hybridized carbons (Fsp3) is 0.700. The molecular formula is C20H29F3N2O3S. The lowest BCUT2D eigenvalue weighted by atomic mass is 9.81. The van der Waals surface area contributed by atoms with Crippen LogP contribution in [-0.4, -0.2) is 46.0 Å². The molecule has 1 aromatic carbocycles. The lowest BCUT2D eigenvalue weighted by Gasteiger charge is -2.35. The number of alkyl halides is 3. The van der Waals surface area contributed by atoms with Crippen LogP contribution in [0.25, 0.3) is 0 Å². The molecule has 5 nitrogen and oxygen atoms in total. The molecule has 0 radical (unpaired) electrons. The molecule has 2 aliphatic rings. The van der Waals surface area contributed by atoms with Crippen molar-refractivity contribution in [2.75, 3.05) is 19.4 Å². The minimum absolute atomic E-state index is 0.00749. The molecule has 0 amide bonds. The van der Waals surface area contributed by atoms with E-state index in [1.54, 1.807) is 12.1 Å². The van der Waals surface area contributed by atoms with E-state index in [1.807, 2.05) is 0 Å². The molecule has 9 heteroatoms. The molecule has 0 aromatic heterocycles. The van der Waals surface area contributed by atoms with Gasteiger partial charge in [0.25, 0.3) is 0 Å². The molecule has 2 fully saturated rings. The van der Waals surface area contributed by atoms with Gasteiger partial charge in [0.1, 0.15) is 0 Å². The van der Waals surface area contributed by atoms with Crippen LogP contribution in [0.1, 0.15) is 55.6 Å². The molecule has 1 heterocycles. The molecule has 2 unspecified atom stereocenters. The quantitative estimate of drug-likeness (QED) is 0.720. The highest BCUT2D eigenvalue weighted by Gasteiger charge is 2.36. The first-order chi connectivity index (χ1) is 13.6. The molecule has 1 aliphatic heterocycles. The zero-order valence-corrected chi connectivity index (χ0v) is 17.4. The van der Waals surface area contributed by atoms with Gasteiger partial charge in [-0.05, 0) is 62.6 Å². The predicted octanol–water partition coefficient (Wildman–Crippen LogP) is 3.42. The molecule has 1 aliphatic carbocycles. The van der Waals surface area contributed by atoms with Gasteiger partial charge < -0.3 is 10.1 Å². The molecule has 1 saturated carbocycles. The Morgan fingerprint density at radius 2 is 1.83 bits per heavy atom. The van der Waals surface area contributed by atoms with Crippen LogP contribution >= 0.6 is 0 Å². The Bertz CT molecular complexity index is 777. The largest absolute Gasteiger partial charge is 0.416 e. The van der Waals surface area contributed by atoms with Gasteiger partial charge in [-0.2, -0.15) is 13.2 Å². The zero-order valence-electron chi connectivity index (χ0n) is 16.5. The third-order valence-corrected chi connectivity index (χ3v) is 6.57. The predicted molar refractivity (Wildman–Crippen MR) is 105 cm³/mol. The highest BCUT2D eigenvalue weighted by atomic mass is 32.2. The summed E-state index contributed by atoms with van der Waals surface area (Å²) in [6, 6.07) is 5.54. The Labute approximate surface area is 170 Å². The second-order valence-electron chi connectivity index (χ2n) is 8.09. The first-order valence-corrected chi connectivity index (χ1v) is 12.0. The van der Waals surface area contributed by atoms with Gasteiger partial charge >= 0.3 is 6.18 Å². The van der Waals surface area contributed by atoms with Gasteiger partial charge in [0.2, 0.25) is 10.0 Å².